The summed E-state index contributed by atoms with van der Waals surface area (Å²) < 4.78 is 0. The fourth-order valence-corrected chi connectivity index (χ4v) is 0.389. The van der Waals surface area contributed by atoms with Crippen molar-refractivity contribution in [2.24, 2.45) is 5.73 Å². The molecule has 0 aliphatic heterocycles. The zero-order valence-electron chi connectivity index (χ0n) is 12.9. The van der Waals surface area contributed by atoms with Crippen LogP contribution < -0.4 is 5.73 Å². The van der Waals surface area contributed by atoms with Gasteiger partial charge >= 0.3 is 0 Å². The molecule has 0 spiro atoms. The van der Waals surface area contributed by atoms with Crippen LogP contribution in [0.15, 0.2) is 23.9 Å². The van der Waals surface area contributed by atoms with Crippen LogP contribution in [0, 0.1) is 0 Å². The highest BCUT2D eigenvalue weighted by Gasteiger charge is 1.74. The molecule has 0 atom stereocenters. The lowest BCUT2D eigenvalue weighted by atomic mass is 10.3. The normalized spacial score (nSPS) is 6.93. The molecule has 0 aliphatic rings. The molecule has 0 unspecified atom stereocenters. The Labute approximate surface area is 99.5 Å². The van der Waals surface area contributed by atoms with E-state index in [0.29, 0.717) is 0 Å². The van der Waals surface area contributed by atoms with Gasteiger partial charge < -0.3 is 5.73 Å². The van der Waals surface area contributed by atoms with Gasteiger partial charge in [0.15, 0.2) is 0 Å². The summed E-state index contributed by atoms with van der Waals surface area (Å²) in [5.74, 6) is 0. The Morgan fingerprint density at radius 1 is 0.800 bits per heavy atom. The molecular formula is C14H35N. The minimum absolute atomic E-state index is 0.813. The molecule has 0 fully saturated rings. The van der Waals surface area contributed by atoms with E-state index in [0.717, 1.165) is 11.3 Å². The van der Waals surface area contributed by atoms with Gasteiger partial charge in [-0.2, -0.15) is 0 Å². The lowest BCUT2D eigenvalue weighted by Gasteiger charge is -1.86. The average molecular weight is 217 g/mol. The number of hydrogen-bond donors (Lipinski definition) is 1. The number of rotatable bonds is 1. The molecular weight excluding hydrogens is 182 g/mol. The minimum Gasteiger partial charge on any atom is -0.402 e. The summed E-state index contributed by atoms with van der Waals surface area (Å²) in [6.07, 6.45) is 1.83. The molecule has 0 heterocycles. The van der Waals surface area contributed by atoms with Crippen molar-refractivity contribution in [3.8, 4) is 0 Å². The van der Waals surface area contributed by atoms with Gasteiger partial charge in [0, 0.05) is 5.70 Å². The Kier molecular flexibility index (Phi) is 99.0. The maximum atomic E-state index is 5.29. The lowest BCUT2D eigenvalue weighted by Crippen LogP contribution is -1.88. The highest BCUT2D eigenvalue weighted by atomic mass is 14.5. The molecule has 0 saturated heterocycles. The van der Waals surface area contributed by atoms with Crippen LogP contribution in [0.4, 0.5) is 0 Å². The lowest BCUT2D eigenvalue weighted by molar-refractivity contribution is 1.29. The molecule has 0 rings (SSSR count). The molecule has 0 saturated carbocycles. The highest BCUT2D eigenvalue weighted by Crippen LogP contribution is 1.90. The van der Waals surface area contributed by atoms with Crippen molar-refractivity contribution in [2.75, 3.05) is 0 Å². The van der Waals surface area contributed by atoms with Gasteiger partial charge in [0.05, 0.1) is 0 Å². The van der Waals surface area contributed by atoms with Gasteiger partial charge in [-0.1, -0.05) is 67.5 Å². The number of allylic oxidation sites excluding steroid dienone is 3. The summed E-state index contributed by atoms with van der Waals surface area (Å²) in [4.78, 5) is 0. The molecule has 0 aromatic rings. The first-order valence-electron chi connectivity index (χ1n) is 6.22. The van der Waals surface area contributed by atoms with Crippen molar-refractivity contribution in [3.63, 3.8) is 0 Å². The van der Waals surface area contributed by atoms with E-state index in [4.69, 9.17) is 5.73 Å². The van der Waals surface area contributed by atoms with E-state index in [9.17, 15) is 0 Å². The Balaban J connectivity index is -0.0000000353. The highest BCUT2D eigenvalue weighted by molar-refractivity contribution is 5.14. The summed E-state index contributed by atoms with van der Waals surface area (Å²) in [6, 6.07) is 0. The third-order valence-corrected chi connectivity index (χ3v) is 0.474. The maximum Gasteiger partial charge on any atom is 0.00513 e. The third-order valence-electron chi connectivity index (χ3n) is 0.474. The minimum atomic E-state index is 0.813. The van der Waals surface area contributed by atoms with Crippen molar-refractivity contribution in [2.45, 2.75) is 69.2 Å². The molecule has 0 aliphatic carbocycles. The standard InChI is InChI=1S/C6H11N.4C2H6/c1-5(2)4-6(3)7;4*1-2/h4H,1,7H2,2-3H3;4*1-2H3/b6-4+;;;;. The van der Waals surface area contributed by atoms with Crippen molar-refractivity contribution in [1.29, 1.82) is 0 Å². The van der Waals surface area contributed by atoms with Gasteiger partial charge in [-0.3, -0.25) is 0 Å². The van der Waals surface area contributed by atoms with Crippen LogP contribution in [-0.4, -0.2) is 0 Å². The summed E-state index contributed by atoms with van der Waals surface area (Å²) in [5, 5.41) is 0. The second kappa shape index (κ2) is 50.8. The molecule has 0 bridgehead atoms. The van der Waals surface area contributed by atoms with Crippen LogP contribution in [0.25, 0.3) is 0 Å². The Morgan fingerprint density at radius 3 is 1.00 bits per heavy atom. The SMILES string of the molecule is C=C(C)/C=C(\C)N.CC.CC.CC.CC. The summed E-state index contributed by atoms with van der Waals surface area (Å²) in [5.41, 5.74) is 7.11. The van der Waals surface area contributed by atoms with Gasteiger partial charge in [0.2, 0.25) is 0 Å². The van der Waals surface area contributed by atoms with E-state index in [2.05, 4.69) is 6.58 Å². The summed E-state index contributed by atoms with van der Waals surface area (Å²) >= 11 is 0. The van der Waals surface area contributed by atoms with Crippen LogP contribution in [0.3, 0.4) is 0 Å². The molecule has 0 amide bonds. The molecule has 0 radical (unpaired) electrons. The first-order chi connectivity index (χ1) is 7.13. The van der Waals surface area contributed by atoms with E-state index < -0.39 is 0 Å². The summed E-state index contributed by atoms with van der Waals surface area (Å²) in [6.45, 7) is 23.4. The van der Waals surface area contributed by atoms with Crippen LogP contribution >= 0.6 is 0 Å². The Bertz CT molecular complexity index is 97.9. The van der Waals surface area contributed by atoms with Crippen molar-refractivity contribution < 1.29 is 0 Å². The largest absolute Gasteiger partial charge is 0.402 e. The first kappa shape index (κ1) is 29.2. The first-order valence-corrected chi connectivity index (χ1v) is 6.22. The number of hydrogen-bond acceptors (Lipinski definition) is 1. The number of nitrogens with two attached hydrogens (primary N) is 1. The van der Waals surface area contributed by atoms with E-state index in [1.54, 1.807) is 0 Å². The predicted molar refractivity (Wildman–Crippen MR) is 78.2 cm³/mol. The van der Waals surface area contributed by atoms with Gasteiger partial charge in [-0.15, -0.1) is 0 Å². The Morgan fingerprint density at radius 2 is 1.00 bits per heavy atom. The maximum absolute atomic E-state index is 5.29. The summed E-state index contributed by atoms with van der Waals surface area (Å²) in [7, 11) is 0. The second-order valence-electron chi connectivity index (χ2n) is 1.73. The van der Waals surface area contributed by atoms with Gasteiger partial charge in [0.1, 0.15) is 0 Å². The van der Waals surface area contributed by atoms with E-state index >= 15 is 0 Å². The van der Waals surface area contributed by atoms with Gasteiger partial charge in [-0.05, 0) is 19.9 Å². The van der Waals surface area contributed by atoms with Crippen LogP contribution in [0.2, 0.25) is 0 Å². The quantitative estimate of drug-likeness (QED) is 0.574. The van der Waals surface area contributed by atoms with Crippen LogP contribution in [0.5, 0.6) is 0 Å². The van der Waals surface area contributed by atoms with Gasteiger partial charge in [-0.25, -0.2) is 0 Å². The molecule has 1 nitrogen and oxygen atoms in total. The zero-order valence-corrected chi connectivity index (χ0v) is 12.9. The van der Waals surface area contributed by atoms with Crippen LogP contribution in [0.1, 0.15) is 69.2 Å². The van der Waals surface area contributed by atoms with Gasteiger partial charge in [0.25, 0.3) is 0 Å². The molecule has 0 aromatic heterocycles. The van der Waals surface area contributed by atoms with Crippen molar-refractivity contribution >= 4 is 0 Å². The fourth-order valence-electron chi connectivity index (χ4n) is 0.389. The topological polar surface area (TPSA) is 26.0 Å². The molecule has 0 aromatic carbocycles. The monoisotopic (exact) mass is 217 g/mol. The van der Waals surface area contributed by atoms with Crippen molar-refractivity contribution in [3.05, 3.63) is 23.9 Å². The van der Waals surface area contributed by atoms with Crippen molar-refractivity contribution in [1.82, 2.24) is 0 Å². The molecule has 1 heteroatoms. The predicted octanol–water partition coefficient (Wildman–Crippen LogP) is 5.53. The zero-order chi connectivity index (χ0) is 13.9. The molecule has 15 heavy (non-hydrogen) atoms. The van der Waals surface area contributed by atoms with Crippen LogP contribution in [-0.2, 0) is 0 Å². The third kappa shape index (κ3) is 157. The average Bonchev–Trinajstić information content (AvgIpc) is 2.27. The Hall–Kier alpha value is -0.720. The second-order valence-corrected chi connectivity index (χ2v) is 1.73. The van der Waals surface area contributed by atoms with E-state index in [-0.39, 0.29) is 0 Å². The smallest absolute Gasteiger partial charge is 0.00513 e. The fraction of sp³-hybridized carbons (Fsp3) is 0.714. The van der Waals surface area contributed by atoms with E-state index in [1.165, 1.54) is 0 Å². The molecule has 2 N–H and O–H groups in total. The molecule has 96 valence electrons. The van der Waals surface area contributed by atoms with E-state index in [1.807, 2.05) is 75.3 Å².